The van der Waals surface area contributed by atoms with Crippen LogP contribution in [-0.2, 0) is 16.6 Å². The minimum Gasteiger partial charge on any atom is -0.293 e. The highest BCUT2D eigenvalue weighted by Gasteiger charge is 2.24. The minimum absolute atomic E-state index is 0.219. The van der Waals surface area contributed by atoms with Gasteiger partial charge in [0.2, 0.25) is 0 Å². The number of carbonyl (C=O) groups is 1. The Morgan fingerprint density at radius 3 is 2.43 bits per heavy atom. The Morgan fingerprint density at radius 2 is 1.81 bits per heavy atom. The molecule has 0 saturated carbocycles. The summed E-state index contributed by atoms with van der Waals surface area (Å²) < 4.78 is 38.6. The maximum absolute atomic E-state index is 13.6. The number of hydrogen-bond acceptors (Lipinski definition) is 2. The zero-order valence-electron chi connectivity index (χ0n) is 11.4. The second kappa shape index (κ2) is 6.72. The summed E-state index contributed by atoms with van der Waals surface area (Å²) in [6.07, 6.45) is 0. The van der Waals surface area contributed by atoms with Crippen molar-refractivity contribution in [2.75, 3.05) is 0 Å². The van der Waals surface area contributed by atoms with E-state index in [-0.39, 0.29) is 11.3 Å². The van der Waals surface area contributed by atoms with Crippen molar-refractivity contribution in [3.05, 3.63) is 71.3 Å². The van der Waals surface area contributed by atoms with Crippen LogP contribution in [-0.4, -0.2) is 15.2 Å². The highest BCUT2D eigenvalue weighted by molar-refractivity contribution is 7.85. The van der Waals surface area contributed by atoms with E-state index in [4.69, 9.17) is 0 Å². The molecule has 2 rings (SSSR count). The van der Waals surface area contributed by atoms with Crippen LogP contribution in [0.4, 0.5) is 8.78 Å². The largest absolute Gasteiger partial charge is 0.293 e. The molecule has 2 atom stereocenters. The van der Waals surface area contributed by atoms with E-state index in [1.165, 1.54) is 6.92 Å². The highest BCUT2D eigenvalue weighted by atomic mass is 32.2. The summed E-state index contributed by atoms with van der Waals surface area (Å²) in [6.45, 7) is 1.49. The summed E-state index contributed by atoms with van der Waals surface area (Å²) in [5, 5.41) is -0.856. The summed E-state index contributed by atoms with van der Waals surface area (Å²) in [4.78, 5) is 12.2. The standard InChI is InChI=1S/C16H14F2O2S/c1-11(21(20)10-12-5-3-2-4-6-12)16(19)14-8-7-13(17)9-15(14)18/h2-9,11H,10H2,1H3. The lowest BCUT2D eigenvalue weighted by atomic mass is 10.1. The van der Waals surface area contributed by atoms with Crippen molar-refractivity contribution in [1.82, 2.24) is 0 Å². The summed E-state index contributed by atoms with van der Waals surface area (Å²) in [5.41, 5.74) is 0.611. The van der Waals surface area contributed by atoms with Gasteiger partial charge in [-0.1, -0.05) is 30.3 Å². The van der Waals surface area contributed by atoms with Gasteiger partial charge < -0.3 is 0 Å². The fourth-order valence-electron chi connectivity index (χ4n) is 1.89. The fraction of sp³-hybridized carbons (Fsp3) is 0.188. The summed E-state index contributed by atoms with van der Waals surface area (Å²) in [7, 11) is -1.47. The highest BCUT2D eigenvalue weighted by Crippen LogP contribution is 2.16. The second-order valence-electron chi connectivity index (χ2n) is 4.64. The van der Waals surface area contributed by atoms with Crippen LogP contribution >= 0.6 is 0 Å². The smallest absolute Gasteiger partial charge is 0.181 e. The van der Waals surface area contributed by atoms with E-state index < -0.39 is 33.5 Å². The van der Waals surface area contributed by atoms with Gasteiger partial charge in [0.25, 0.3) is 0 Å². The molecule has 0 spiro atoms. The van der Waals surface area contributed by atoms with E-state index >= 15 is 0 Å². The molecular formula is C16H14F2O2S. The molecule has 0 fully saturated rings. The lowest BCUT2D eigenvalue weighted by Crippen LogP contribution is -2.24. The average Bonchev–Trinajstić information content (AvgIpc) is 2.47. The van der Waals surface area contributed by atoms with Crippen molar-refractivity contribution < 1.29 is 17.8 Å². The number of hydrogen-bond donors (Lipinski definition) is 0. The average molecular weight is 308 g/mol. The molecule has 5 heteroatoms. The second-order valence-corrected chi connectivity index (χ2v) is 6.40. The van der Waals surface area contributed by atoms with Gasteiger partial charge in [-0.3, -0.25) is 9.00 Å². The number of rotatable bonds is 5. The zero-order valence-corrected chi connectivity index (χ0v) is 12.2. The third-order valence-electron chi connectivity index (χ3n) is 3.11. The molecule has 110 valence electrons. The molecule has 0 N–H and O–H groups in total. The number of halogens is 2. The molecule has 21 heavy (non-hydrogen) atoms. The number of carbonyl (C=O) groups excluding carboxylic acids is 1. The molecule has 2 aromatic carbocycles. The van der Waals surface area contributed by atoms with Crippen LogP contribution in [0.2, 0.25) is 0 Å². The van der Waals surface area contributed by atoms with Crippen LogP contribution < -0.4 is 0 Å². The maximum Gasteiger partial charge on any atom is 0.181 e. The third-order valence-corrected chi connectivity index (χ3v) is 4.73. The molecule has 0 saturated heterocycles. The van der Waals surface area contributed by atoms with Gasteiger partial charge in [-0.05, 0) is 24.6 Å². The Bertz CT molecular complexity index is 671. The Labute approximate surface area is 124 Å². The van der Waals surface area contributed by atoms with Crippen molar-refractivity contribution >= 4 is 16.6 Å². The van der Waals surface area contributed by atoms with Crippen LogP contribution in [0.3, 0.4) is 0 Å². The molecule has 2 nitrogen and oxygen atoms in total. The maximum atomic E-state index is 13.6. The molecular weight excluding hydrogens is 294 g/mol. The summed E-state index contributed by atoms with van der Waals surface area (Å²) in [5.74, 6) is -2.04. The van der Waals surface area contributed by atoms with Crippen LogP contribution in [0.15, 0.2) is 48.5 Å². The van der Waals surface area contributed by atoms with Gasteiger partial charge in [0.15, 0.2) is 5.78 Å². The molecule has 0 aromatic heterocycles. The number of ketones is 1. The normalized spacial score (nSPS) is 13.7. The first kappa shape index (κ1) is 15.5. The van der Waals surface area contributed by atoms with Gasteiger partial charge >= 0.3 is 0 Å². The van der Waals surface area contributed by atoms with E-state index in [2.05, 4.69) is 0 Å². The predicted octanol–water partition coefficient (Wildman–Crippen LogP) is 3.48. The Balaban J connectivity index is 2.13. The molecule has 0 bridgehead atoms. The van der Waals surface area contributed by atoms with Crippen molar-refractivity contribution in [3.63, 3.8) is 0 Å². The molecule has 0 radical (unpaired) electrons. The van der Waals surface area contributed by atoms with E-state index in [0.29, 0.717) is 6.07 Å². The van der Waals surface area contributed by atoms with E-state index in [1.54, 1.807) is 0 Å². The molecule has 0 amide bonds. The predicted molar refractivity (Wildman–Crippen MR) is 78.4 cm³/mol. The molecule has 0 aliphatic rings. The topological polar surface area (TPSA) is 34.1 Å². The van der Waals surface area contributed by atoms with E-state index in [9.17, 15) is 17.8 Å². The van der Waals surface area contributed by atoms with Gasteiger partial charge in [0, 0.05) is 22.6 Å². The van der Waals surface area contributed by atoms with Crippen molar-refractivity contribution in [1.29, 1.82) is 0 Å². The van der Waals surface area contributed by atoms with Gasteiger partial charge in [0.05, 0.1) is 10.8 Å². The Hall–Kier alpha value is -1.88. The van der Waals surface area contributed by atoms with E-state index in [1.807, 2.05) is 30.3 Å². The van der Waals surface area contributed by atoms with E-state index in [0.717, 1.165) is 17.7 Å². The first-order chi connectivity index (χ1) is 9.99. The molecule has 2 unspecified atom stereocenters. The lowest BCUT2D eigenvalue weighted by Gasteiger charge is -2.11. The van der Waals surface area contributed by atoms with Crippen LogP contribution in [0.1, 0.15) is 22.8 Å². The first-order valence-electron chi connectivity index (χ1n) is 6.39. The number of Topliss-reactive ketones (excluding diaryl/α,β-unsaturated/α-hetero) is 1. The van der Waals surface area contributed by atoms with Gasteiger partial charge in [-0.2, -0.15) is 0 Å². The fourth-order valence-corrected chi connectivity index (χ4v) is 3.03. The molecule has 0 aliphatic carbocycles. The third kappa shape index (κ3) is 3.82. The number of benzene rings is 2. The first-order valence-corrected chi connectivity index (χ1v) is 7.77. The van der Waals surface area contributed by atoms with Crippen LogP contribution in [0.25, 0.3) is 0 Å². The van der Waals surface area contributed by atoms with Gasteiger partial charge in [-0.15, -0.1) is 0 Å². The SMILES string of the molecule is CC(C(=O)c1ccc(F)cc1F)S(=O)Cc1ccccc1. The zero-order chi connectivity index (χ0) is 15.4. The van der Waals surface area contributed by atoms with Crippen LogP contribution in [0.5, 0.6) is 0 Å². The molecule has 0 heterocycles. The summed E-state index contributed by atoms with van der Waals surface area (Å²) >= 11 is 0. The van der Waals surface area contributed by atoms with Gasteiger partial charge in [-0.25, -0.2) is 8.78 Å². The van der Waals surface area contributed by atoms with Crippen molar-refractivity contribution in [3.8, 4) is 0 Å². The molecule has 0 aliphatic heterocycles. The quantitative estimate of drug-likeness (QED) is 0.792. The summed E-state index contributed by atoms with van der Waals surface area (Å²) in [6, 6.07) is 11.9. The van der Waals surface area contributed by atoms with Crippen molar-refractivity contribution in [2.45, 2.75) is 17.9 Å². The van der Waals surface area contributed by atoms with Gasteiger partial charge in [0.1, 0.15) is 11.6 Å². The molecule has 2 aromatic rings. The Morgan fingerprint density at radius 1 is 1.14 bits per heavy atom. The monoisotopic (exact) mass is 308 g/mol. The Kier molecular flexibility index (Phi) is 4.96. The lowest BCUT2D eigenvalue weighted by molar-refractivity contribution is 0.0988. The minimum atomic E-state index is -1.47. The van der Waals surface area contributed by atoms with Crippen molar-refractivity contribution in [2.24, 2.45) is 0 Å². The van der Waals surface area contributed by atoms with Crippen LogP contribution in [0, 0.1) is 11.6 Å².